The Kier molecular flexibility index (Phi) is 10.1. The predicted octanol–water partition coefficient (Wildman–Crippen LogP) is 8.43. The lowest BCUT2D eigenvalue weighted by atomic mass is 9.66. The molecule has 0 aromatic carbocycles. The van der Waals surface area contributed by atoms with Gasteiger partial charge in [-0.2, -0.15) is 5.26 Å². The first-order valence-corrected chi connectivity index (χ1v) is 12.1. The van der Waals surface area contributed by atoms with Crippen molar-refractivity contribution in [2.45, 2.75) is 129 Å². The van der Waals surface area contributed by atoms with Crippen molar-refractivity contribution in [2.75, 3.05) is 0 Å². The van der Waals surface area contributed by atoms with E-state index < -0.39 is 0 Å². The fourth-order valence-corrected chi connectivity index (χ4v) is 5.58. The van der Waals surface area contributed by atoms with Crippen LogP contribution in [0.25, 0.3) is 0 Å². The summed E-state index contributed by atoms with van der Waals surface area (Å²) < 4.78 is 0. The number of hydrogen-bond acceptors (Lipinski definition) is 1. The van der Waals surface area contributed by atoms with Crippen LogP contribution in [-0.4, -0.2) is 0 Å². The van der Waals surface area contributed by atoms with Crippen molar-refractivity contribution in [2.24, 2.45) is 23.2 Å². The lowest BCUT2D eigenvalue weighted by Gasteiger charge is -2.37. The van der Waals surface area contributed by atoms with E-state index in [9.17, 15) is 5.26 Å². The highest BCUT2D eigenvalue weighted by Crippen LogP contribution is 2.45. The Morgan fingerprint density at radius 1 is 0.692 bits per heavy atom. The minimum atomic E-state index is 0.0407. The first-order chi connectivity index (χ1) is 12.7. The van der Waals surface area contributed by atoms with Crippen LogP contribution in [0.4, 0.5) is 0 Å². The lowest BCUT2D eigenvalue weighted by molar-refractivity contribution is 0.162. The fourth-order valence-electron chi connectivity index (χ4n) is 5.58. The van der Waals surface area contributed by atoms with Crippen LogP contribution >= 0.6 is 0 Å². The van der Waals surface area contributed by atoms with Gasteiger partial charge in [-0.3, -0.25) is 0 Å². The molecule has 0 bridgehead atoms. The second-order valence-corrected chi connectivity index (χ2v) is 9.75. The molecule has 0 unspecified atom stereocenters. The van der Waals surface area contributed by atoms with Crippen molar-refractivity contribution < 1.29 is 0 Å². The third-order valence-electron chi connectivity index (χ3n) is 7.73. The van der Waals surface area contributed by atoms with Crippen molar-refractivity contribution in [3.05, 3.63) is 0 Å². The van der Waals surface area contributed by atoms with Crippen LogP contribution in [-0.2, 0) is 0 Å². The summed E-state index contributed by atoms with van der Waals surface area (Å²) in [5.41, 5.74) is 0.0407. The Morgan fingerprint density at radius 2 is 1.23 bits per heavy atom. The number of nitriles is 1. The van der Waals surface area contributed by atoms with Gasteiger partial charge in [0, 0.05) is 0 Å². The molecule has 0 aromatic rings. The van der Waals surface area contributed by atoms with Gasteiger partial charge in [0.2, 0.25) is 0 Å². The van der Waals surface area contributed by atoms with E-state index in [-0.39, 0.29) is 5.41 Å². The van der Waals surface area contributed by atoms with E-state index in [4.69, 9.17) is 0 Å². The quantitative estimate of drug-likeness (QED) is 0.339. The van der Waals surface area contributed by atoms with Crippen LogP contribution in [0.15, 0.2) is 0 Å². The summed E-state index contributed by atoms with van der Waals surface area (Å²) in [4.78, 5) is 0. The molecule has 2 fully saturated rings. The third-order valence-corrected chi connectivity index (χ3v) is 7.73. The van der Waals surface area contributed by atoms with Gasteiger partial charge in [-0.15, -0.1) is 0 Å². The standard InChI is InChI=1S/C25H45N/c1-3-5-7-8-10-23-15-18-25(21-26,19-16-23)20-17-24-13-11-22(12-14-24)9-6-4-2/h22-24H,3-20H2,1-2H3/t22-,23-,24-,25-. The van der Waals surface area contributed by atoms with Gasteiger partial charge < -0.3 is 0 Å². The maximum atomic E-state index is 9.89. The van der Waals surface area contributed by atoms with Crippen LogP contribution < -0.4 is 0 Å². The summed E-state index contributed by atoms with van der Waals surface area (Å²) in [6.07, 6.45) is 24.6. The molecule has 0 heterocycles. The van der Waals surface area contributed by atoms with Crippen LogP contribution in [0.5, 0.6) is 0 Å². The van der Waals surface area contributed by atoms with E-state index in [0.29, 0.717) is 0 Å². The van der Waals surface area contributed by atoms with Crippen LogP contribution in [0.3, 0.4) is 0 Å². The molecule has 2 aliphatic carbocycles. The molecule has 2 aliphatic rings. The fraction of sp³-hybridized carbons (Fsp3) is 0.960. The average molecular weight is 360 g/mol. The molecule has 0 N–H and O–H groups in total. The van der Waals surface area contributed by atoms with E-state index in [1.54, 1.807) is 0 Å². The van der Waals surface area contributed by atoms with E-state index >= 15 is 0 Å². The van der Waals surface area contributed by atoms with Gasteiger partial charge >= 0.3 is 0 Å². The average Bonchev–Trinajstić information content (AvgIpc) is 2.70. The molecule has 0 aromatic heterocycles. The zero-order valence-corrected chi connectivity index (χ0v) is 17.9. The topological polar surface area (TPSA) is 23.8 Å². The second kappa shape index (κ2) is 12.0. The zero-order valence-electron chi connectivity index (χ0n) is 17.9. The minimum Gasteiger partial charge on any atom is -0.198 e. The van der Waals surface area contributed by atoms with Crippen molar-refractivity contribution in [1.29, 1.82) is 5.26 Å². The molecular weight excluding hydrogens is 314 g/mol. The Labute approximate surface area is 164 Å². The molecule has 1 nitrogen and oxygen atoms in total. The first-order valence-electron chi connectivity index (χ1n) is 12.1. The SMILES string of the molecule is CCCCCC[C@H]1CC[C@@](C#N)(CC[C@H]2CC[C@H](CCCC)CC2)CC1. The predicted molar refractivity (Wildman–Crippen MR) is 113 cm³/mol. The first kappa shape index (κ1) is 21.8. The van der Waals surface area contributed by atoms with Gasteiger partial charge in [-0.25, -0.2) is 0 Å². The van der Waals surface area contributed by atoms with Crippen molar-refractivity contribution in [3.63, 3.8) is 0 Å². The number of hydrogen-bond donors (Lipinski definition) is 0. The third kappa shape index (κ3) is 7.25. The Hall–Kier alpha value is -0.510. The summed E-state index contributed by atoms with van der Waals surface area (Å²) in [6, 6.07) is 2.79. The Morgan fingerprint density at radius 3 is 1.81 bits per heavy atom. The van der Waals surface area contributed by atoms with Gasteiger partial charge in [-0.1, -0.05) is 90.9 Å². The maximum absolute atomic E-state index is 9.89. The van der Waals surface area contributed by atoms with Crippen LogP contribution in [0.2, 0.25) is 0 Å². The molecule has 26 heavy (non-hydrogen) atoms. The number of nitrogens with zero attached hydrogens (tertiary/aromatic N) is 1. The highest BCUT2D eigenvalue weighted by Gasteiger charge is 2.35. The molecule has 0 spiro atoms. The summed E-state index contributed by atoms with van der Waals surface area (Å²) in [5, 5.41) is 9.89. The highest BCUT2D eigenvalue weighted by molar-refractivity contribution is 5.01. The maximum Gasteiger partial charge on any atom is 0.0689 e. The minimum absolute atomic E-state index is 0.0407. The highest BCUT2D eigenvalue weighted by atomic mass is 14.4. The molecule has 0 atom stereocenters. The molecule has 1 heteroatoms. The number of unbranched alkanes of at least 4 members (excludes halogenated alkanes) is 4. The summed E-state index contributed by atoms with van der Waals surface area (Å²) >= 11 is 0. The Balaban J connectivity index is 1.64. The van der Waals surface area contributed by atoms with Gasteiger partial charge in [0.05, 0.1) is 11.5 Å². The van der Waals surface area contributed by atoms with Crippen molar-refractivity contribution in [3.8, 4) is 6.07 Å². The molecule has 0 amide bonds. The monoisotopic (exact) mass is 359 g/mol. The van der Waals surface area contributed by atoms with Crippen molar-refractivity contribution >= 4 is 0 Å². The molecule has 2 rings (SSSR count). The van der Waals surface area contributed by atoms with Crippen LogP contribution in [0, 0.1) is 34.5 Å². The number of rotatable bonds is 11. The normalized spacial score (nSPS) is 32.3. The molecule has 150 valence electrons. The summed E-state index contributed by atoms with van der Waals surface area (Å²) in [6.45, 7) is 4.60. The largest absolute Gasteiger partial charge is 0.198 e. The Bertz CT molecular complexity index is 391. The summed E-state index contributed by atoms with van der Waals surface area (Å²) in [7, 11) is 0. The van der Waals surface area contributed by atoms with Crippen LogP contribution in [0.1, 0.15) is 129 Å². The van der Waals surface area contributed by atoms with E-state index in [0.717, 1.165) is 17.8 Å². The van der Waals surface area contributed by atoms with Gasteiger partial charge in [-0.05, 0) is 56.3 Å². The van der Waals surface area contributed by atoms with Crippen molar-refractivity contribution in [1.82, 2.24) is 0 Å². The van der Waals surface area contributed by atoms with E-state index in [1.165, 1.54) is 116 Å². The molecule has 0 radical (unpaired) electrons. The van der Waals surface area contributed by atoms with Gasteiger partial charge in [0.1, 0.15) is 0 Å². The summed E-state index contributed by atoms with van der Waals surface area (Å²) in [5.74, 6) is 2.85. The van der Waals surface area contributed by atoms with Gasteiger partial charge in [0.15, 0.2) is 0 Å². The smallest absolute Gasteiger partial charge is 0.0689 e. The van der Waals surface area contributed by atoms with E-state index in [1.807, 2.05) is 0 Å². The molecule has 0 saturated heterocycles. The molecule has 2 saturated carbocycles. The lowest BCUT2D eigenvalue weighted by Crippen LogP contribution is -2.27. The molecular formula is C25H45N. The van der Waals surface area contributed by atoms with Gasteiger partial charge in [0.25, 0.3) is 0 Å². The van der Waals surface area contributed by atoms with E-state index in [2.05, 4.69) is 19.9 Å². The molecule has 0 aliphatic heterocycles. The second-order valence-electron chi connectivity index (χ2n) is 9.75. The zero-order chi connectivity index (χ0) is 18.7.